The number of hydrogen-bond donors (Lipinski definition) is 1. The number of Topliss-reactive ketones (excluding diaryl/α,β-unsaturated/α-hetero) is 1. The Balaban J connectivity index is 1.36. The number of piperidine rings is 1. The fraction of sp³-hybridized carbons (Fsp3) is 0.391. The molecular formula is C23H26N2O4. The topological polar surface area (TPSA) is 67.9 Å². The molecule has 152 valence electrons. The van der Waals surface area contributed by atoms with Crippen LogP contribution in [0.3, 0.4) is 0 Å². The number of aryl methyl sites for hydroxylation is 2. The zero-order valence-corrected chi connectivity index (χ0v) is 16.9. The van der Waals surface area contributed by atoms with E-state index in [2.05, 4.69) is 5.32 Å². The number of hydrogen-bond acceptors (Lipinski definition) is 4. The van der Waals surface area contributed by atoms with Gasteiger partial charge in [0.1, 0.15) is 13.2 Å². The Morgan fingerprint density at radius 2 is 1.62 bits per heavy atom. The first-order chi connectivity index (χ1) is 14.0. The van der Waals surface area contributed by atoms with Crippen molar-refractivity contribution in [2.24, 2.45) is 5.92 Å². The van der Waals surface area contributed by atoms with Crippen molar-refractivity contribution in [3.8, 4) is 11.5 Å². The summed E-state index contributed by atoms with van der Waals surface area (Å²) in [6.07, 6.45) is 1.32. The maximum atomic E-state index is 12.9. The van der Waals surface area contributed by atoms with Crippen molar-refractivity contribution in [1.82, 2.24) is 4.90 Å². The van der Waals surface area contributed by atoms with Gasteiger partial charge < -0.3 is 19.7 Å². The lowest BCUT2D eigenvalue weighted by atomic mass is 9.89. The van der Waals surface area contributed by atoms with E-state index < -0.39 is 0 Å². The second kappa shape index (κ2) is 8.15. The first kappa shape index (κ1) is 19.3. The van der Waals surface area contributed by atoms with E-state index >= 15 is 0 Å². The molecule has 1 fully saturated rings. The maximum Gasteiger partial charge on any atom is 0.321 e. The molecule has 29 heavy (non-hydrogen) atoms. The highest BCUT2D eigenvalue weighted by Gasteiger charge is 2.29. The third-order valence-electron chi connectivity index (χ3n) is 5.69. The minimum absolute atomic E-state index is 0.0817. The van der Waals surface area contributed by atoms with Crippen molar-refractivity contribution in [2.75, 3.05) is 31.6 Å². The number of urea groups is 1. The highest BCUT2D eigenvalue weighted by atomic mass is 16.6. The molecule has 0 bridgehead atoms. The average Bonchev–Trinajstić information content (AvgIpc) is 2.75. The molecule has 0 spiro atoms. The fourth-order valence-corrected chi connectivity index (χ4v) is 3.97. The number of nitrogens with one attached hydrogen (secondary N) is 1. The van der Waals surface area contributed by atoms with Gasteiger partial charge in [0.25, 0.3) is 0 Å². The van der Waals surface area contributed by atoms with Gasteiger partial charge in [0.2, 0.25) is 0 Å². The van der Waals surface area contributed by atoms with Gasteiger partial charge in [-0.15, -0.1) is 0 Å². The molecule has 2 aliphatic heterocycles. The second-order valence-corrected chi connectivity index (χ2v) is 7.68. The molecule has 0 atom stereocenters. The molecule has 2 amide bonds. The summed E-state index contributed by atoms with van der Waals surface area (Å²) in [4.78, 5) is 27.4. The normalized spacial score (nSPS) is 16.4. The molecule has 6 heteroatoms. The van der Waals surface area contributed by atoms with E-state index in [9.17, 15) is 9.59 Å². The van der Waals surface area contributed by atoms with E-state index in [4.69, 9.17) is 9.47 Å². The number of rotatable bonds is 3. The fourth-order valence-electron chi connectivity index (χ4n) is 3.97. The maximum absolute atomic E-state index is 12.9. The van der Waals surface area contributed by atoms with Crippen molar-refractivity contribution in [2.45, 2.75) is 26.7 Å². The zero-order valence-electron chi connectivity index (χ0n) is 16.9. The number of fused-ring (bicyclic) bond motifs is 1. The largest absolute Gasteiger partial charge is 0.486 e. The van der Waals surface area contributed by atoms with Gasteiger partial charge >= 0.3 is 6.03 Å². The molecule has 2 heterocycles. The van der Waals surface area contributed by atoms with Crippen LogP contribution in [0, 0.1) is 19.8 Å². The zero-order chi connectivity index (χ0) is 20.4. The molecule has 0 aromatic heterocycles. The van der Waals surface area contributed by atoms with Crippen LogP contribution < -0.4 is 14.8 Å². The van der Waals surface area contributed by atoms with E-state index in [-0.39, 0.29) is 17.7 Å². The van der Waals surface area contributed by atoms with Crippen LogP contribution in [0.15, 0.2) is 36.4 Å². The average molecular weight is 394 g/mol. The van der Waals surface area contributed by atoms with Gasteiger partial charge in [-0.2, -0.15) is 0 Å². The van der Waals surface area contributed by atoms with E-state index in [0.717, 1.165) is 16.8 Å². The molecule has 1 saturated heterocycles. The van der Waals surface area contributed by atoms with Crippen molar-refractivity contribution in [1.29, 1.82) is 0 Å². The number of benzene rings is 2. The summed E-state index contributed by atoms with van der Waals surface area (Å²) < 4.78 is 11.1. The third kappa shape index (κ3) is 4.06. The van der Waals surface area contributed by atoms with Gasteiger partial charge in [-0.3, -0.25) is 4.79 Å². The smallest absolute Gasteiger partial charge is 0.321 e. The first-order valence-electron chi connectivity index (χ1n) is 10.1. The van der Waals surface area contributed by atoms with Gasteiger partial charge in [-0.25, -0.2) is 4.79 Å². The number of nitrogens with zero attached hydrogens (tertiary/aromatic N) is 1. The lowest BCUT2D eigenvalue weighted by molar-refractivity contribution is 0.0858. The minimum atomic E-state index is -0.104. The summed E-state index contributed by atoms with van der Waals surface area (Å²) in [5.74, 6) is 1.34. The summed E-state index contributed by atoms with van der Waals surface area (Å²) in [6, 6.07) is 11.2. The van der Waals surface area contributed by atoms with Gasteiger partial charge in [-0.05, 0) is 56.0 Å². The number of ether oxygens (including phenoxy) is 2. The number of ketones is 1. The van der Waals surface area contributed by atoms with Crippen LogP contribution in [-0.4, -0.2) is 43.0 Å². The molecule has 6 nitrogen and oxygen atoms in total. The van der Waals surface area contributed by atoms with Gasteiger partial charge in [0, 0.05) is 30.3 Å². The van der Waals surface area contributed by atoms with Crippen LogP contribution in [0.25, 0.3) is 0 Å². The molecule has 2 aliphatic rings. The lowest BCUT2D eigenvalue weighted by Crippen LogP contribution is -2.42. The molecule has 2 aromatic rings. The predicted molar refractivity (Wildman–Crippen MR) is 111 cm³/mol. The number of amides is 2. The van der Waals surface area contributed by atoms with Crippen LogP contribution in [0.1, 0.15) is 34.3 Å². The molecule has 0 unspecified atom stereocenters. The highest BCUT2D eigenvalue weighted by Crippen LogP contribution is 2.32. The van der Waals surface area contributed by atoms with E-state index in [1.807, 2.05) is 32.0 Å². The Morgan fingerprint density at radius 1 is 0.966 bits per heavy atom. The van der Waals surface area contributed by atoms with E-state index in [1.54, 1.807) is 23.1 Å². The Bertz CT molecular complexity index is 912. The van der Waals surface area contributed by atoms with Gasteiger partial charge in [0.15, 0.2) is 17.3 Å². The molecule has 4 rings (SSSR count). The van der Waals surface area contributed by atoms with Crippen LogP contribution in [0.2, 0.25) is 0 Å². The van der Waals surface area contributed by atoms with E-state index in [1.165, 1.54) is 0 Å². The predicted octanol–water partition coefficient (Wildman–Crippen LogP) is 4.20. The third-order valence-corrected chi connectivity index (χ3v) is 5.69. The van der Waals surface area contributed by atoms with Crippen LogP contribution in [-0.2, 0) is 0 Å². The van der Waals surface area contributed by atoms with Crippen molar-refractivity contribution in [3.63, 3.8) is 0 Å². The Morgan fingerprint density at radius 3 is 2.31 bits per heavy atom. The minimum Gasteiger partial charge on any atom is -0.486 e. The standard InChI is InChI=1S/C23H26N2O4/c1-15-4-3-5-16(2)21(15)24-23(27)25-10-8-17(9-11-25)22(26)18-6-7-19-20(14-18)29-13-12-28-19/h3-7,14,17H,8-13H2,1-2H3,(H,24,27). The van der Waals surface area contributed by atoms with Crippen LogP contribution >= 0.6 is 0 Å². The van der Waals surface area contributed by atoms with Crippen molar-refractivity contribution < 1.29 is 19.1 Å². The van der Waals surface area contributed by atoms with Crippen LogP contribution in [0.5, 0.6) is 11.5 Å². The quantitative estimate of drug-likeness (QED) is 0.792. The molecule has 0 saturated carbocycles. The second-order valence-electron chi connectivity index (χ2n) is 7.68. The number of likely N-dealkylation sites (tertiary alicyclic amines) is 1. The van der Waals surface area contributed by atoms with Crippen molar-refractivity contribution >= 4 is 17.5 Å². The summed E-state index contributed by atoms with van der Waals surface area (Å²) in [6.45, 7) is 6.14. The van der Waals surface area contributed by atoms with E-state index in [0.29, 0.717) is 56.2 Å². The summed E-state index contributed by atoms with van der Waals surface area (Å²) in [5, 5.41) is 3.03. The lowest BCUT2D eigenvalue weighted by Gasteiger charge is -2.32. The number of anilines is 1. The van der Waals surface area contributed by atoms with Gasteiger partial charge in [-0.1, -0.05) is 18.2 Å². The Hall–Kier alpha value is -3.02. The summed E-state index contributed by atoms with van der Waals surface area (Å²) in [5.41, 5.74) is 3.60. The molecule has 0 radical (unpaired) electrons. The summed E-state index contributed by atoms with van der Waals surface area (Å²) >= 11 is 0. The van der Waals surface area contributed by atoms with Gasteiger partial charge in [0.05, 0.1) is 0 Å². The van der Waals surface area contributed by atoms with Crippen LogP contribution in [0.4, 0.5) is 10.5 Å². The Labute approximate surface area is 170 Å². The first-order valence-corrected chi connectivity index (χ1v) is 10.1. The monoisotopic (exact) mass is 394 g/mol. The SMILES string of the molecule is Cc1cccc(C)c1NC(=O)N1CCC(C(=O)c2ccc3c(c2)OCCO3)CC1. The highest BCUT2D eigenvalue weighted by molar-refractivity contribution is 5.99. The van der Waals surface area contributed by atoms with Crippen molar-refractivity contribution in [3.05, 3.63) is 53.1 Å². The molecule has 2 aromatic carbocycles. The molecule has 0 aliphatic carbocycles. The molecule has 1 N–H and O–H groups in total. The number of carbonyl (C=O) groups is 2. The Kier molecular flexibility index (Phi) is 5.43. The number of carbonyl (C=O) groups excluding carboxylic acids is 2. The number of para-hydroxylation sites is 1. The molecular weight excluding hydrogens is 368 g/mol. The summed E-state index contributed by atoms with van der Waals surface area (Å²) in [7, 11) is 0.